The molecule has 1 aromatic rings. The summed E-state index contributed by atoms with van der Waals surface area (Å²) in [5, 5.41) is 2.81. The van der Waals surface area contributed by atoms with E-state index in [1.54, 1.807) is 7.11 Å². The summed E-state index contributed by atoms with van der Waals surface area (Å²) in [5.74, 6) is 0.838. The molecule has 1 amide bonds. The number of benzene rings is 1. The van der Waals surface area contributed by atoms with Crippen LogP contribution in [0.25, 0.3) is 0 Å². The lowest BCUT2D eigenvalue weighted by atomic mass is 9.94. The van der Waals surface area contributed by atoms with Gasteiger partial charge in [0.25, 0.3) is 0 Å². The number of hydrogen-bond donors (Lipinski definition) is 1. The van der Waals surface area contributed by atoms with Crippen molar-refractivity contribution < 1.29 is 14.3 Å². The van der Waals surface area contributed by atoms with Crippen LogP contribution in [-0.4, -0.2) is 25.3 Å². The van der Waals surface area contributed by atoms with Crippen molar-refractivity contribution in [2.75, 3.05) is 13.7 Å². The maximum Gasteiger partial charge on any atom is 0.407 e. The van der Waals surface area contributed by atoms with Gasteiger partial charge in [-0.05, 0) is 18.6 Å². The first kappa shape index (κ1) is 10.8. The van der Waals surface area contributed by atoms with Gasteiger partial charge in [-0.15, -0.1) is 0 Å². The van der Waals surface area contributed by atoms with E-state index in [0.717, 1.165) is 11.3 Å². The first-order valence-electron chi connectivity index (χ1n) is 5.20. The minimum atomic E-state index is -0.350. The molecule has 0 bridgehead atoms. The van der Waals surface area contributed by atoms with Crippen LogP contribution in [0.15, 0.2) is 24.3 Å². The van der Waals surface area contributed by atoms with Gasteiger partial charge in [0.2, 0.25) is 0 Å². The van der Waals surface area contributed by atoms with E-state index in [-0.39, 0.29) is 11.6 Å². The molecule has 1 aliphatic heterocycles. The second-order valence-corrected chi connectivity index (χ2v) is 4.25. The van der Waals surface area contributed by atoms with Gasteiger partial charge in [0.1, 0.15) is 12.4 Å². The Hall–Kier alpha value is -1.71. The highest BCUT2D eigenvalue weighted by Gasteiger charge is 2.35. The topological polar surface area (TPSA) is 47.6 Å². The van der Waals surface area contributed by atoms with Crippen LogP contribution >= 0.6 is 0 Å². The number of hydrogen-bond acceptors (Lipinski definition) is 3. The van der Waals surface area contributed by atoms with Crippen molar-refractivity contribution in [1.29, 1.82) is 0 Å². The number of cyclic esters (lactones) is 1. The molecule has 0 saturated carbocycles. The van der Waals surface area contributed by atoms with Gasteiger partial charge in [-0.25, -0.2) is 4.79 Å². The smallest absolute Gasteiger partial charge is 0.407 e. The highest BCUT2D eigenvalue weighted by molar-refractivity contribution is 5.70. The van der Waals surface area contributed by atoms with Crippen LogP contribution in [0.5, 0.6) is 5.75 Å². The molecule has 4 heteroatoms. The summed E-state index contributed by atoms with van der Waals surface area (Å²) < 4.78 is 10.2. The first-order valence-corrected chi connectivity index (χ1v) is 5.20. The van der Waals surface area contributed by atoms with Gasteiger partial charge in [-0.2, -0.15) is 0 Å². The highest BCUT2D eigenvalue weighted by atomic mass is 16.6. The molecule has 1 saturated heterocycles. The molecule has 86 valence electrons. The molecule has 1 fully saturated rings. The van der Waals surface area contributed by atoms with E-state index >= 15 is 0 Å². The van der Waals surface area contributed by atoms with Gasteiger partial charge in [0.15, 0.2) is 0 Å². The largest absolute Gasteiger partial charge is 0.496 e. The predicted molar refractivity (Wildman–Crippen MR) is 59.6 cm³/mol. The molecule has 1 atom stereocenters. The van der Waals surface area contributed by atoms with Crippen molar-refractivity contribution in [1.82, 2.24) is 5.32 Å². The Morgan fingerprint density at radius 3 is 2.88 bits per heavy atom. The highest BCUT2D eigenvalue weighted by Crippen LogP contribution is 2.25. The van der Waals surface area contributed by atoms with Crippen molar-refractivity contribution in [2.45, 2.75) is 18.9 Å². The number of carbonyl (C=O) groups is 1. The second-order valence-electron chi connectivity index (χ2n) is 4.25. The van der Waals surface area contributed by atoms with Crippen LogP contribution in [0.1, 0.15) is 12.5 Å². The van der Waals surface area contributed by atoms with Crippen LogP contribution in [-0.2, 0) is 11.2 Å². The van der Waals surface area contributed by atoms with Crippen LogP contribution < -0.4 is 10.1 Å². The summed E-state index contributed by atoms with van der Waals surface area (Å²) >= 11 is 0. The van der Waals surface area contributed by atoms with Crippen molar-refractivity contribution in [3.63, 3.8) is 0 Å². The summed E-state index contributed by atoms with van der Waals surface area (Å²) in [7, 11) is 1.64. The number of ether oxygens (including phenoxy) is 2. The predicted octanol–water partition coefficient (Wildman–Crippen LogP) is 1.74. The fourth-order valence-electron chi connectivity index (χ4n) is 1.91. The zero-order valence-electron chi connectivity index (χ0n) is 9.45. The van der Waals surface area contributed by atoms with E-state index in [4.69, 9.17) is 9.47 Å². The third-order valence-electron chi connectivity index (χ3n) is 2.70. The monoisotopic (exact) mass is 221 g/mol. The van der Waals surface area contributed by atoms with Gasteiger partial charge >= 0.3 is 6.09 Å². The average Bonchev–Trinajstić information content (AvgIpc) is 2.59. The molecular formula is C12H15NO3. The molecule has 1 aliphatic rings. The van der Waals surface area contributed by atoms with Gasteiger partial charge in [0, 0.05) is 6.42 Å². The van der Waals surface area contributed by atoms with E-state index in [1.165, 1.54) is 0 Å². The Labute approximate surface area is 94.6 Å². The Kier molecular flexibility index (Phi) is 2.73. The molecule has 1 unspecified atom stereocenters. The standard InChI is InChI=1S/C12H15NO3/c1-12(8-16-11(14)13-12)7-9-5-3-4-6-10(9)15-2/h3-6H,7-8H2,1-2H3,(H,13,14). The molecule has 4 nitrogen and oxygen atoms in total. The number of nitrogens with one attached hydrogen (secondary N) is 1. The van der Waals surface area contributed by atoms with Crippen LogP contribution in [0.4, 0.5) is 4.79 Å². The minimum Gasteiger partial charge on any atom is -0.496 e. The third-order valence-corrected chi connectivity index (χ3v) is 2.70. The van der Waals surface area contributed by atoms with Crippen LogP contribution in [0, 0.1) is 0 Å². The normalized spacial score (nSPS) is 23.8. The maximum absolute atomic E-state index is 11.0. The zero-order chi connectivity index (χ0) is 11.6. The molecule has 0 aliphatic carbocycles. The minimum absolute atomic E-state index is 0.342. The Morgan fingerprint density at radius 2 is 2.25 bits per heavy atom. The molecule has 2 rings (SSSR count). The summed E-state index contributed by atoms with van der Waals surface area (Å²) in [6.45, 7) is 2.36. The Bertz CT molecular complexity index is 405. The first-order chi connectivity index (χ1) is 7.63. The average molecular weight is 221 g/mol. The SMILES string of the molecule is COc1ccccc1CC1(C)COC(=O)N1. The van der Waals surface area contributed by atoms with E-state index in [1.807, 2.05) is 31.2 Å². The molecule has 0 radical (unpaired) electrons. The van der Waals surface area contributed by atoms with Gasteiger partial charge < -0.3 is 14.8 Å². The summed E-state index contributed by atoms with van der Waals surface area (Å²) in [5.41, 5.74) is 0.726. The lowest BCUT2D eigenvalue weighted by Gasteiger charge is -2.21. The van der Waals surface area contributed by atoms with E-state index < -0.39 is 0 Å². The quantitative estimate of drug-likeness (QED) is 0.845. The lowest BCUT2D eigenvalue weighted by Crippen LogP contribution is -2.42. The van der Waals surface area contributed by atoms with Crippen molar-refractivity contribution in [3.05, 3.63) is 29.8 Å². The molecule has 1 N–H and O–H groups in total. The number of carbonyl (C=O) groups excluding carboxylic acids is 1. The van der Waals surface area contributed by atoms with Crippen molar-refractivity contribution in [2.24, 2.45) is 0 Å². The molecule has 0 spiro atoms. The second kappa shape index (κ2) is 4.04. The Morgan fingerprint density at radius 1 is 1.50 bits per heavy atom. The molecule has 1 heterocycles. The number of rotatable bonds is 3. The fraction of sp³-hybridized carbons (Fsp3) is 0.417. The Balaban J connectivity index is 2.17. The number of para-hydroxylation sites is 1. The number of alkyl carbamates (subject to hydrolysis) is 1. The third kappa shape index (κ3) is 2.10. The molecule has 1 aromatic carbocycles. The molecule has 16 heavy (non-hydrogen) atoms. The van der Waals surface area contributed by atoms with Crippen molar-refractivity contribution in [3.8, 4) is 5.75 Å². The zero-order valence-corrected chi connectivity index (χ0v) is 9.45. The van der Waals surface area contributed by atoms with E-state index in [2.05, 4.69) is 5.32 Å². The lowest BCUT2D eigenvalue weighted by molar-refractivity contribution is 0.173. The summed E-state index contributed by atoms with van der Waals surface area (Å²) in [6.07, 6.45) is 0.348. The van der Waals surface area contributed by atoms with Crippen molar-refractivity contribution >= 4 is 6.09 Å². The molecular weight excluding hydrogens is 206 g/mol. The van der Waals surface area contributed by atoms with E-state index in [0.29, 0.717) is 13.0 Å². The fourth-order valence-corrected chi connectivity index (χ4v) is 1.91. The summed E-state index contributed by atoms with van der Waals surface area (Å²) in [4.78, 5) is 11.0. The number of amides is 1. The van der Waals surface area contributed by atoms with Gasteiger partial charge in [-0.1, -0.05) is 18.2 Å². The summed E-state index contributed by atoms with van der Waals surface area (Å²) in [6, 6.07) is 7.79. The number of methoxy groups -OCH3 is 1. The van der Waals surface area contributed by atoms with E-state index in [9.17, 15) is 4.79 Å². The van der Waals surface area contributed by atoms with Crippen LogP contribution in [0.3, 0.4) is 0 Å². The van der Waals surface area contributed by atoms with Crippen LogP contribution in [0.2, 0.25) is 0 Å². The maximum atomic E-state index is 11.0. The van der Waals surface area contributed by atoms with Gasteiger partial charge in [-0.3, -0.25) is 0 Å². The van der Waals surface area contributed by atoms with Gasteiger partial charge in [0.05, 0.1) is 12.6 Å². The molecule has 0 aromatic heterocycles.